The first kappa shape index (κ1) is 20.4. The Morgan fingerprint density at radius 1 is 1.14 bits per heavy atom. The predicted molar refractivity (Wildman–Crippen MR) is 109 cm³/mol. The second kappa shape index (κ2) is 8.76. The summed E-state index contributed by atoms with van der Waals surface area (Å²) in [5.74, 6) is -0.0414. The zero-order chi connectivity index (χ0) is 20.3. The van der Waals surface area contributed by atoms with Gasteiger partial charge in [0.15, 0.2) is 0 Å². The lowest BCUT2D eigenvalue weighted by molar-refractivity contribution is -0.139. The van der Waals surface area contributed by atoms with E-state index in [2.05, 4.69) is 19.2 Å². The third kappa shape index (κ3) is 4.72. The molecule has 0 unspecified atom stereocenters. The van der Waals surface area contributed by atoms with Crippen LogP contribution in [0.2, 0.25) is 0 Å². The van der Waals surface area contributed by atoms with Gasteiger partial charge in [0, 0.05) is 38.3 Å². The van der Waals surface area contributed by atoms with Crippen molar-refractivity contribution < 1.29 is 14.4 Å². The van der Waals surface area contributed by atoms with E-state index in [1.54, 1.807) is 9.80 Å². The molecule has 0 radical (unpaired) electrons. The number of anilines is 1. The van der Waals surface area contributed by atoms with Gasteiger partial charge in [-0.3, -0.25) is 14.4 Å². The van der Waals surface area contributed by atoms with Crippen molar-refractivity contribution in [1.29, 1.82) is 0 Å². The average Bonchev–Trinajstić information content (AvgIpc) is 3.07. The number of carbonyl (C=O) groups excluding carboxylic acids is 3. The Balaban J connectivity index is 1.59. The molecule has 2 atom stereocenters. The van der Waals surface area contributed by atoms with E-state index in [9.17, 15) is 14.4 Å². The largest absolute Gasteiger partial charge is 0.356 e. The maximum Gasteiger partial charge on any atom is 0.228 e. The number of aryl methyl sites for hydroxylation is 1. The molecule has 2 heterocycles. The van der Waals surface area contributed by atoms with E-state index in [-0.39, 0.29) is 36.0 Å². The van der Waals surface area contributed by atoms with Crippen LogP contribution in [-0.4, -0.2) is 48.8 Å². The molecule has 2 aliphatic heterocycles. The van der Waals surface area contributed by atoms with Crippen LogP contribution in [0.3, 0.4) is 0 Å². The molecular weight excluding hydrogens is 354 g/mol. The number of amides is 3. The number of piperidine rings is 1. The molecule has 0 bridgehead atoms. The number of nitrogens with zero attached hydrogens (tertiary/aromatic N) is 2. The summed E-state index contributed by atoms with van der Waals surface area (Å²) >= 11 is 0. The minimum atomic E-state index is -0.328. The number of nitrogens with one attached hydrogen (secondary N) is 1. The Labute approximate surface area is 167 Å². The van der Waals surface area contributed by atoms with E-state index in [1.165, 1.54) is 0 Å². The fourth-order valence-electron chi connectivity index (χ4n) is 3.95. The third-order valence-corrected chi connectivity index (χ3v) is 5.61. The summed E-state index contributed by atoms with van der Waals surface area (Å²) < 4.78 is 0. The average molecular weight is 386 g/mol. The Hall–Kier alpha value is -2.37. The smallest absolute Gasteiger partial charge is 0.228 e. The molecule has 1 aromatic rings. The summed E-state index contributed by atoms with van der Waals surface area (Å²) in [5, 5.41) is 2.98. The summed E-state index contributed by atoms with van der Waals surface area (Å²) in [6.07, 6.45) is 1.88. The highest BCUT2D eigenvalue weighted by atomic mass is 16.2. The van der Waals surface area contributed by atoms with Crippen molar-refractivity contribution in [2.24, 2.45) is 17.8 Å². The van der Waals surface area contributed by atoms with E-state index < -0.39 is 0 Å². The topological polar surface area (TPSA) is 69.7 Å². The number of rotatable bonds is 5. The normalized spacial score (nSPS) is 22.6. The zero-order valence-electron chi connectivity index (χ0n) is 17.1. The molecule has 2 aliphatic rings. The second-order valence-electron chi connectivity index (χ2n) is 8.50. The van der Waals surface area contributed by atoms with E-state index in [4.69, 9.17) is 0 Å². The van der Waals surface area contributed by atoms with Crippen LogP contribution < -0.4 is 10.2 Å². The molecule has 1 aromatic carbocycles. The van der Waals surface area contributed by atoms with Crippen molar-refractivity contribution in [3.63, 3.8) is 0 Å². The monoisotopic (exact) mass is 385 g/mol. The van der Waals surface area contributed by atoms with Gasteiger partial charge < -0.3 is 15.1 Å². The predicted octanol–water partition coefficient (Wildman–Crippen LogP) is 2.36. The minimum Gasteiger partial charge on any atom is -0.356 e. The number of hydrogen-bond acceptors (Lipinski definition) is 3. The molecule has 152 valence electrons. The summed E-state index contributed by atoms with van der Waals surface area (Å²) in [7, 11) is 0. The molecule has 6 nitrogen and oxygen atoms in total. The molecule has 2 saturated heterocycles. The van der Waals surface area contributed by atoms with Crippen molar-refractivity contribution >= 4 is 23.4 Å². The second-order valence-corrected chi connectivity index (χ2v) is 8.50. The summed E-state index contributed by atoms with van der Waals surface area (Å²) in [6, 6.07) is 7.80. The highest BCUT2D eigenvalue weighted by molar-refractivity contribution is 6.00. The number of benzene rings is 1. The van der Waals surface area contributed by atoms with Gasteiger partial charge in [0.1, 0.15) is 0 Å². The van der Waals surface area contributed by atoms with E-state index in [1.807, 2.05) is 31.2 Å². The first-order valence-electron chi connectivity index (χ1n) is 10.3. The van der Waals surface area contributed by atoms with Crippen molar-refractivity contribution in [1.82, 2.24) is 10.2 Å². The van der Waals surface area contributed by atoms with Gasteiger partial charge in [-0.05, 0) is 37.8 Å². The van der Waals surface area contributed by atoms with E-state index in [0.29, 0.717) is 32.1 Å². The van der Waals surface area contributed by atoms with E-state index in [0.717, 1.165) is 24.1 Å². The van der Waals surface area contributed by atoms with E-state index >= 15 is 0 Å². The van der Waals surface area contributed by atoms with Crippen LogP contribution in [0, 0.1) is 24.7 Å². The van der Waals surface area contributed by atoms with Gasteiger partial charge in [-0.15, -0.1) is 0 Å². The molecule has 2 fully saturated rings. The highest BCUT2D eigenvalue weighted by Gasteiger charge is 2.39. The van der Waals surface area contributed by atoms with Crippen LogP contribution in [0.15, 0.2) is 24.3 Å². The quantitative estimate of drug-likeness (QED) is 0.846. The zero-order valence-corrected chi connectivity index (χ0v) is 17.1. The summed E-state index contributed by atoms with van der Waals surface area (Å²) in [4.78, 5) is 41.4. The van der Waals surface area contributed by atoms with Crippen molar-refractivity contribution in [2.75, 3.05) is 31.1 Å². The van der Waals surface area contributed by atoms with Crippen LogP contribution in [0.25, 0.3) is 0 Å². The molecule has 28 heavy (non-hydrogen) atoms. The fraction of sp³-hybridized carbons (Fsp3) is 0.591. The van der Waals surface area contributed by atoms with Crippen molar-refractivity contribution in [2.45, 2.75) is 40.0 Å². The Morgan fingerprint density at radius 3 is 2.54 bits per heavy atom. The number of hydrogen-bond donors (Lipinski definition) is 1. The lowest BCUT2D eigenvalue weighted by Crippen LogP contribution is -2.48. The molecule has 1 N–H and O–H groups in total. The first-order chi connectivity index (χ1) is 13.3. The molecule has 0 aliphatic carbocycles. The Morgan fingerprint density at radius 2 is 1.86 bits per heavy atom. The Bertz CT molecular complexity index is 729. The number of likely N-dealkylation sites (tertiary alicyclic amines) is 1. The SMILES string of the molecule is Cc1ccc(N2C[C@H](C(=O)N3CCC[C@@H](C(=O)NCC(C)C)C3)CC2=O)cc1. The van der Waals surface area contributed by atoms with Crippen molar-refractivity contribution in [3.05, 3.63) is 29.8 Å². The molecule has 6 heteroatoms. The first-order valence-corrected chi connectivity index (χ1v) is 10.3. The van der Waals surface area contributed by atoms with Gasteiger partial charge in [0.05, 0.1) is 11.8 Å². The molecular formula is C22H31N3O3. The van der Waals surface area contributed by atoms with Crippen LogP contribution in [0.5, 0.6) is 0 Å². The minimum absolute atomic E-state index is 0.00400. The van der Waals surface area contributed by atoms with Gasteiger partial charge in [0.25, 0.3) is 0 Å². The van der Waals surface area contributed by atoms with Crippen LogP contribution in [0.1, 0.15) is 38.7 Å². The van der Waals surface area contributed by atoms with Crippen LogP contribution in [-0.2, 0) is 14.4 Å². The number of carbonyl (C=O) groups is 3. The van der Waals surface area contributed by atoms with Crippen LogP contribution >= 0.6 is 0 Å². The lowest BCUT2D eigenvalue weighted by Gasteiger charge is -2.33. The molecule has 0 spiro atoms. The molecule has 0 aromatic heterocycles. The van der Waals surface area contributed by atoms with Gasteiger partial charge in [-0.1, -0.05) is 31.5 Å². The maximum atomic E-state index is 13.0. The van der Waals surface area contributed by atoms with Crippen LogP contribution in [0.4, 0.5) is 5.69 Å². The highest BCUT2D eigenvalue weighted by Crippen LogP contribution is 2.28. The maximum absolute atomic E-state index is 13.0. The fourth-order valence-corrected chi connectivity index (χ4v) is 3.95. The Kier molecular flexibility index (Phi) is 6.37. The summed E-state index contributed by atoms with van der Waals surface area (Å²) in [6.45, 7) is 8.33. The van der Waals surface area contributed by atoms with Crippen molar-refractivity contribution in [3.8, 4) is 0 Å². The molecule has 3 amide bonds. The van der Waals surface area contributed by atoms with Gasteiger partial charge >= 0.3 is 0 Å². The molecule has 3 rings (SSSR count). The molecule has 0 saturated carbocycles. The van der Waals surface area contributed by atoms with Gasteiger partial charge in [-0.25, -0.2) is 0 Å². The standard InChI is InChI=1S/C22H31N3O3/c1-15(2)12-23-21(27)17-5-4-10-24(13-17)22(28)18-11-20(26)25(14-18)19-8-6-16(3)7-9-19/h6-9,15,17-18H,4-5,10-14H2,1-3H3,(H,23,27)/t17-,18-/m1/s1. The third-order valence-electron chi connectivity index (χ3n) is 5.61. The van der Waals surface area contributed by atoms with Gasteiger partial charge in [-0.2, -0.15) is 0 Å². The lowest BCUT2D eigenvalue weighted by atomic mass is 9.95. The summed E-state index contributed by atoms with van der Waals surface area (Å²) in [5.41, 5.74) is 1.98. The van der Waals surface area contributed by atoms with Gasteiger partial charge in [0.2, 0.25) is 17.7 Å².